The van der Waals surface area contributed by atoms with Gasteiger partial charge in [-0.2, -0.15) is 0 Å². The molecule has 0 aliphatic heterocycles. The van der Waals surface area contributed by atoms with Crippen molar-refractivity contribution in [3.8, 4) is 11.5 Å². The molecule has 6 heteroatoms. The fraction of sp³-hybridized carbons (Fsp3) is 0.280. The van der Waals surface area contributed by atoms with E-state index in [1.165, 1.54) is 12.3 Å². The van der Waals surface area contributed by atoms with Gasteiger partial charge in [0, 0.05) is 12.3 Å². The van der Waals surface area contributed by atoms with Gasteiger partial charge in [0.25, 0.3) is 0 Å². The number of benzene rings is 2. The summed E-state index contributed by atoms with van der Waals surface area (Å²) in [6.45, 7) is 5.09. The number of aromatic nitrogens is 1. The Morgan fingerprint density at radius 3 is 2.39 bits per heavy atom. The Morgan fingerprint density at radius 1 is 0.968 bits per heavy atom. The molecule has 0 unspecified atom stereocenters. The molecule has 0 bridgehead atoms. The lowest BCUT2D eigenvalue weighted by Crippen LogP contribution is -2.13. The number of carbonyl (C=O) groups is 1. The van der Waals surface area contributed by atoms with E-state index in [0.29, 0.717) is 36.1 Å². The lowest BCUT2D eigenvalue weighted by Gasteiger charge is -2.09. The van der Waals surface area contributed by atoms with Crippen LogP contribution in [0.25, 0.3) is 0 Å². The van der Waals surface area contributed by atoms with Crippen molar-refractivity contribution in [3.05, 3.63) is 93.9 Å². The van der Waals surface area contributed by atoms with Crippen LogP contribution < -0.4 is 14.9 Å². The fourth-order valence-electron chi connectivity index (χ4n) is 2.76. The number of rotatable bonds is 10. The molecule has 3 aromatic rings. The van der Waals surface area contributed by atoms with E-state index in [2.05, 4.69) is 18.8 Å². The van der Waals surface area contributed by atoms with Crippen LogP contribution in [0.2, 0.25) is 0 Å². The Kier molecular flexibility index (Phi) is 7.87. The smallest absolute Gasteiger partial charge is 0.338 e. The summed E-state index contributed by atoms with van der Waals surface area (Å²) in [6, 6.07) is 18.0. The zero-order chi connectivity index (χ0) is 22.1. The maximum absolute atomic E-state index is 12.3. The highest BCUT2D eigenvalue weighted by atomic mass is 16.5. The summed E-state index contributed by atoms with van der Waals surface area (Å²) in [5.41, 5.74) is 1.73. The van der Waals surface area contributed by atoms with Crippen LogP contribution in [0.3, 0.4) is 0 Å². The summed E-state index contributed by atoms with van der Waals surface area (Å²) in [5.74, 6) is 0.953. The Balaban J connectivity index is 1.49. The Morgan fingerprint density at radius 2 is 1.71 bits per heavy atom. The van der Waals surface area contributed by atoms with Gasteiger partial charge in [0.05, 0.1) is 17.9 Å². The molecule has 2 aromatic carbocycles. The molecule has 0 fully saturated rings. The van der Waals surface area contributed by atoms with Gasteiger partial charge < -0.3 is 19.2 Å². The van der Waals surface area contributed by atoms with Gasteiger partial charge >= 0.3 is 5.97 Å². The second-order valence-corrected chi connectivity index (χ2v) is 7.59. The number of hydrogen-bond acceptors (Lipinski definition) is 5. The first kappa shape index (κ1) is 22.2. The molecule has 0 atom stereocenters. The quantitative estimate of drug-likeness (QED) is 0.479. The molecule has 3 rings (SSSR count). The number of aromatic amines is 1. The van der Waals surface area contributed by atoms with E-state index in [0.717, 1.165) is 12.0 Å². The molecule has 0 spiro atoms. The third-order valence-corrected chi connectivity index (χ3v) is 4.59. The summed E-state index contributed by atoms with van der Waals surface area (Å²) in [5, 5.41) is 0. The minimum atomic E-state index is -0.479. The van der Waals surface area contributed by atoms with E-state index in [4.69, 9.17) is 14.2 Å². The Labute approximate surface area is 181 Å². The number of H-pyrrole nitrogens is 1. The first-order chi connectivity index (χ1) is 15.0. The Bertz CT molecular complexity index is 1030. The predicted octanol–water partition coefficient (Wildman–Crippen LogP) is 4.74. The maximum Gasteiger partial charge on any atom is 0.338 e. The van der Waals surface area contributed by atoms with Crippen molar-refractivity contribution in [1.29, 1.82) is 0 Å². The van der Waals surface area contributed by atoms with E-state index in [-0.39, 0.29) is 17.8 Å². The highest BCUT2D eigenvalue weighted by Gasteiger charge is 2.10. The minimum Gasteiger partial charge on any atom is -0.489 e. The first-order valence-corrected chi connectivity index (χ1v) is 10.3. The van der Waals surface area contributed by atoms with Gasteiger partial charge in [0.15, 0.2) is 5.75 Å². The first-order valence-electron chi connectivity index (χ1n) is 10.3. The average molecular weight is 421 g/mol. The predicted molar refractivity (Wildman–Crippen MR) is 118 cm³/mol. The van der Waals surface area contributed by atoms with Gasteiger partial charge in [-0.1, -0.05) is 44.2 Å². The number of esters is 1. The van der Waals surface area contributed by atoms with Gasteiger partial charge in [0.1, 0.15) is 19.0 Å². The van der Waals surface area contributed by atoms with Crippen molar-refractivity contribution in [2.75, 3.05) is 6.61 Å². The van der Waals surface area contributed by atoms with Crippen LogP contribution in [-0.4, -0.2) is 17.6 Å². The van der Waals surface area contributed by atoms with E-state index >= 15 is 0 Å². The van der Waals surface area contributed by atoms with Crippen molar-refractivity contribution in [1.82, 2.24) is 4.98 Å². The van der Waals surface area contributed by atoms with Gasteiger partial charge in [-0.05, 0) is 42.2 Å². The minimum absolute atomic E-state index is 0.0351. The zero-order valence-electron chi connectivity index (χ0n) is 17.8. The van der Waals surface area contributed by atoms with Gasteiger partial charge in [0.2, 0.25) is 5.43 Å². The summed E-state index contributed by atoms with van der Waals surface area (Å²) in [4.78, 5) is 27.4. The standard InChI is InChI=1S/C25H27NO5/c1-18(2)12-13-29-24-15-26-21(14-23(24)27)17-31-25(28)20-8-10-22(11-9-20)30-16-19-6-4-3-5-7-19/h3-11,14-15,18H,12-13,16-17H2,1-2H3,(H,26,27). The molecule has 0 aliphatic rings. The van der Waals surface area contributed by atoms with E-state index in [1.54, 1.807) is 24.3 Å². The van der Waals surface area contributed by atoms with Crippen LogP contribution in [0, 0.1) is 5.92 Å². The summed E-state index contributed by atoms with van der Waals surface area (Å²) < 4.78 is 16.5. The lowest BCUT2D eigenvalue weighted by molar-refractivity contribution is 0.0467. The summed E-state index contributed by atoms with van der Waals surface area (Å²) in [6.07, 6.45) is 2.37. The lowest BCUT2D eigenvalue weighted by atomic mass is 10.1. The summed E-state index contributed by atoms with van der Waals surface area (Å²) in [7, 11) is 0. The highest BCUT2D eigenvalue weighted by Crippen LogP contribution is 2.15. The molecule has 1 heterocycles. The molecule has 0 aliphatic carbocycles. The Hall–Kier alpha value is -3.54. The molecule has 1 aromatic heterocycles. The molecule has 31 heavy (non-hydrogen) atoms. The van der Waals surface area contributed by atoms with Crippen LogP contribution in [0.4, 0.5) is 0 Å². The second-order valence-electron chi connectivity index (χ2n) is 7.59. The molecule has 1 N–H and O–H groups in total. The molecular weight excluding hydrogens is 394 g/mol. The number of hydrogen-bond donors (Lipinski definition) is 1. The molecule has 162 valence electrons. The summed E-state index contributed by atoms with van der Waals surface area (Å²) >= 11 is 0. The third kappa shape index (κ3) is 7.03. The molecule has 6 nitrogen and oxygen atoms in total. The van der Waals surface area contributed by atoms with Crippen LogP contribution in [0.15, 0.2) is 71.7 Å². The van der Waals surface area contributed by atoms with Crippen molar-refractivity contribution in [2.45, 2.75) is 33.5 Å². The normalized spacial score (nSPS) is 10.7. The van der Waals surface area contributed by atoms with Crippen LogP contribution in [-0.2, 0) is 18.0 Å². The van der Waals surface area contributed by atoms with Crippen LogP contribution >= 0.6 is 0 Å². The number of ether oxygens (including phenoxy) is 3. The molecule has 0 saturated heterocycles. The molecule has 0 radical (unpaired) electrons. The van der Waals surface area contributed by atoms with Gasteiger partial charge in [-0.25, -0.2) is 4.79 Å². The number of nitrogens with one attached hydrogen (secondary N) is 1. The van der Waals surface area contributed by atoms with Crippen LogP contribution in [0.1, 0.15) is 41.9 Å². The third-order valence-electron chi connectivity index (χ3n) is 4.59. The topological polar surface area (TPSA) is 77.6 Å². The van der Waals surface area contributed by atoms with Crippen molar-refractivity contribution in [2.24, 2.45) is 5.92 Å². The number of carbonyl (C=O) groups excluding carboxylic acids is 1. The van der Waals surface area contributed by atoms with Gasteiger partial charge in [-0.3, -0.25) is 4.79 Å². The largest absolute Gasteiger partial charge is 0.489 e. The monoisotopic (exact) mass is 421 g/mol. The van der Waals surface area contributed by atoms with Crippen molar-refractivity contribution in [3.63, 3.8) is 0 Å². The molecule has 0 saturated carbocycles. The van der Waals surface area contributed by atoms with E-state index < -0.39 is 5.97 Å². The SMILES string of the molecule is CC(C)CCOc1c[nH]c(COC(=O)c2ccc(OCc3ccccc3)cc2)cc1=O. The highest BCUT2D eigenvalue weighted by molar-refractivity contribution is 5.89. The van der Waals surface area contributed by atoms with Crippen molar-refractivity contribution >= 4 is 5.97 Å². The van der Waals surface area contributed by atoms with E-state index in [1.807, 2.05) is 30.3 Å². The van der Waals surface area contributed by atoms with Gasteiger partial charge in [-0.15, -0.1) is 0 Å². The second kappa shape index (κ2) is 11.0. The molecular formula is C25H27NO5. The fourth-order valence-corrected chi connectivity index (χ4v) is 2.76. The molecule has 0 amide bonds. The number of pyridine rings is 1. The van der Waals surface area contributed by atoms with Crippen LogP contribution in [0.5, 0.6) is 11.5 Å². The van der Waals surface area contributed by atoms with E-state index in [9.17, 15) is 9.59 Å². The maximum atomic E-state index is 12.3. The zero-order valence-corrected chi connectivity index (χ0v) is 17.8. The average Bonchev–Trinajstić information content (AvgIpc) is 2.78. The van der Waals surface area contributed by atoms with Crippen molar-refractivity contribution < 1.29 is 19.0 Å².